The predicted molar refractivity (Wildman–Crippen MR) is 102 cm³/mol. The second kappa shape index (κ2) is 8.04. The van der Waals surface area contributed by atoms with Gasteiger partial charge in [0.05, 0.1) is 0 Å². The SMILES string of the molecule is CC(=O)c1ccc(N2CCN(C(=O)COc3cccc(C)c3)CC2)cc1. The Morgan fingerprint density at radius 2 is 1.69 bits per heavy atom. The molecule has 0 aliphatic carbocycles. The Kier molecular flexibility index (Phi) is 5.56. The van der Waals surface area contributed by atoms with Crippen LogP contribution in [0, 0.1) is 6.92 Å². The zero-order valence-electron chi connectivity index (χ0n) is 15.3. The monoisotopic (exact) mass is 352 g/mol. The molecule has 0 unspecified atom stereocenters. The molecular weight excluding hydrogens is 328 g/mol. The van der Waals surface area contributed by atoms with Gasteiger partial charge in [-0.15, -0.1) is 0 Å². The smallest absolute Gasteiger partial charge is 0.260 e. The molecule has 5 nitrogen and oxygen atoms in total. The van der Waals surface area contributed by atoms with Crippen LogP contribution >= 0.6 is 0 Å². The highest BCUT2D eigenvalue weighted by Gasteiger charge is 2.21. The second-order valence-electron chi connectivity index (χ2n) is 6.58. The van der Waals surface area contributed by atoms with Gasteiger partial charge in [0.15, 0.2) is 12.4 Å². The molecule has 0 bridgehead atoms. The molecule has 136 valence electrons. The first-order valence-corrected chi connectivity index (χ1v) is 8.86. The highest BCUT2D eigenvalue weighted by atomic mass is 16.5. The Bertz CT molecular complexity index is 778. The minimum atomic E-state index is 0.0121. The fraction of sp³-hybridized carbons (Fsp3) is 0.333. The number of Topliss-reactive ketones (excluding diaryl/α,β-unsaturated/α-hetero) is 1. The van der Waals surface area contributed by atoms with Crippen molar-refractivity contribution in [2.75, 3.05) is 37.7 Å². The third-order valence-electron chi connectivity index (χ3n) is 4.62. The van der Waals surface area contributed by atoms with Crippen molar-refractivity contribution in [3.8, 4) is 5.75 Å². The largest absolute Gasteiger partial charge is 0.484 e. The number of hydrogen-bond acceptors (Lipinski definition) is 4. The molecule has 0 spiro atoms. The van der Waals surface area contributed by atoms with Gasteiger partial charge in [0.1, 0.15) is 5.75 Å². The summed E-state index contributed by atoms with van der Waals surface area (Å²) >= 11 is 0. The Morgan fingerprint density at radius 3 is 2.31 bits per heavy atom. The number of carbonyl (C=O) groups is 2. The fourth-order valence-corrected chi connectivity index (χ4v) is 3.06. The maximum absolute atomic E-state index is 12.4. The number of carbonyl (C=O) groups excluding carboxylic acids is 2. The van der Waals surface area contributed by atoms with Crippen LogP contribution in [0.2, 0.25) is 0 Å². The summed E-state index contributed by atoms with van der Waals surface area (Å²) < 4.78 is 5.61. The van der Waals surface area contributed by atoms with Gasteiger partial charge >= 0.3 is 0 Å². The van der Waals surface area contributed by atoms with Crippen molar-refractivity contribution in [3.05, 3.63) is 59.7 Å². The quantitative estimate of drug-likeness (QED) is 0.777. The highest BCUT2D eigenvalue weighted by Crippen LogP contribution is 2.18. The third kappa shape index (κ3) is 4.42. The average Bonchev–Trinajstić information content (AvgIpc) is 2.66. The molecule has 2 aromatic carbocycles. The lowest BCUT2D eigenvalue weighted by atomic mass is 10.1. The van der Waals surface area contributed by atoms with Gasteiger partial charge in [-0.2, -0.15) is 0 Å². The number of rotatable bonds is 5. The zero-order chi connectivity index (χ0) is 18.5. The van der Waals surface area contributed by atoms with Crippen molar-refractivity contribution in [2.24, 2.45) is 0 Å². The van der Waals surface area contributed by atoms with Crippen LogP contribution in [-0.2, 0) is 4.79 Å². The van der Waals surface area contributed by atoms with Crippen molar-refractivity contribution in [1.29, 1.82) is 0 Å². The van der Waals surface area contributed by atoms with Crippen LogP contribution in [-0.4, -0.2) is 49.4 Å². The number of benzene rings is 2. The van der Waals surface area contributed by atoms with Gasteiger partial charge in [-0.05, 0) is 55.8 Å². The van der Waals surface area contributed by atoms with Gasteiger partial charge in [0.2, 0.25) is 0 Å². The molecule has 1 fully saturated rings. The number of piperazine rings is 1. The number of nitrogens with zero attached hydrogens (tertiary/aromatic N) is 2. The minimum Gasteiger partial charge on any atom is -0.484 e. The van der Waals surface area contributed by atoms with E-state index in [9.17, 15) is 9.59 Å². The van der Waals surface area contributed by atoms with Gasteiger partial charge in [0.25, 0.3) is 5.91 Å². The van der Waals surface area contributed by atoms with Gasteiger partial charge in [-0.25, -0.2) is 0 Å². The molecular formula is C21H24N2O3. The lowest BCUT2D eigenvalue weighted by Crippen LogP contribution is -2.50. The molecule has 5 heteroatoms. The maximum atomic E-state index is 12.4. The van der Waals surface area contributed by atoms with E-state index in [0.717, 1.165) is 35.7 Å². The van der Waals surface area contributed by atoms with E-state index in [-0.39, 0.29) is 18.3 Å². The first-order chi connectivity index (χ1) is 12.5. The summed E-state index contributed by atoms with van der Waals surface area (Å²) in [5.74, 6) is 0.807. The van der Waals surface area contributed by atoms with E-state index in [0.29, 0.717) is 13.1 Å². The lowest BCUT2D eigenvalue weighted by molar-refractivity contribution is -0.133. The molecule has 1 amide bonds. The Labute approximate surface area is 154 Å². The van der Waals surface area contributed by atoms with Crippen LogP contribution in [0.25, 0.3) is 0 Å². The molecule has 1 aliphatic rings. The van der Waals surface area contributed by atoms with Crippen LogP contribution < -0.4 is 9.64 Å². The summed E-state index contributed by atoms with van der Waals surface area (Å²) in [6, 6.07) is 15.3. The van der Waals surface area contributed by atoms with Crippen molar-refractivity contribution in [2.45, 2.75) is 13.8 Å². The summed E-state index contributed by atoms with van der Waals surface area (Å²) in [4.78, 5) is 27.8. The van der Waals surface area contributed by atoms with Crippen LogP contribution in [0.4, 0.5) is 5.69 Å². The molecule has 3 rings (SSSR count). The summed E-state index contributed by atoms with van der Waals surface area (Å²) in [7, 11) is 0. The van der Waals surface area contributed by atoms with E-state index in [4.69, 9.17) is 4.74 Å². The second-order valence-corrected chi connectivity index (χ2v) is 6.58. The third-order valence-corrected chi connectivity index (χ3v) is 4.62. The number of anilines is 1. The predicted octanol–water partition coefficient (Wildman–Crippen LogP) is 2.93. The molecule has 1 saturated heterocycles. The lowest BCUT2D eigenvalue weighted by Gasteiger charge is -2.36. The van der Waals surface area contributed by atoms with Gasteiger partial charge in [0, 0.05) is 37.4 Å². The minimum absolute atomic E-state index is 0.0121. The fourth-order valence-electron chi connectivity index (χ4n) is 3.06. The first-order valence-electron chi connectivity index (χ1n) is 8.86. The average molecular weight is 352 g/mol. The van der Waals surface area contributed by atoms with Crippen LogP contribution in [0.15, 0.2) is 48.5 Å². The van der Waals surface area contributed by atoms with Crippen molar-refractivity contribution < 1.29 is 14.3 Å². The van der Waals surface area contributed by atoms with Gasteiger partial charge in [-0.3, -0.25) is 9.59 Å². The summed E-state index contributed by atoms with van der Waals surface area (Å²) in [6.07, 6.45) is 0. The van der Waals surface area contributed by atoms with Gasteiger partial charge < -0.3 is 14.5 Å². The van der Waals surface area contributed by atoms with Crippen molar-refractivity contribution in [3.63, 3.8) is 0 Å². The van der Waals surface area contributed by atoms with E-state index in [1.54, 1.807) is 6.92 Å². The van der Waals surface area contributed by atoms with Crippen LogP contribution in [0.1, 0.15) is 22.8 Å². The number of ketones is 1. The van der Waals surface area contributed by atoms with Gasteiger partial charge in [-0.1, -0.05) is 12.1 Å². The Morgan fingerprint density at radius 1 is 1.00 bits per heavy atom. The van der Waals surface area contributed by atoms with E-state index < -0.39 is 0 Å². The van der Waals surface area contributed by atoms with E-state index in [1.165, 1.54) is 0 Å². The van der Waals surface area contributed by atoms with Crippen LogP contribution in [0.3, 0.4) is 0 Å². The summed E-state index contributed by atoms with van der Waals surface area (Å²) in [5.41, 5.74) is 2.91. The van der Waals surface area contributed by atoms with E-state index >= 15 is 0 Å². The molecule has 0 aromatic heterocycles. The topological polar surface area (TPSA) is 49.9 Å². The molecule has 26 heavy (non-hydrogen) atoms. The molecule has 1 aliphatic heterocycles. The molecule has 1 heterocycles. The standard InChI is InChI=1S/C21H24N2O3/c1-16-4-3-5-20(14-16)26-15-21(25)23-12-10-22(11-13-23)19-8-6-18(7-9-19)17(2)24/h3-9,14H,10-13,15H2,1-2H3. The molecule has 0 radical (unpaired) electrons. The summed E-state index contributed by atoms with van der Waals surface area (Å²) in [5, 5.41) is 0. The molecule has 0 atom stereocenters. The zero-order valence-corrected chi connectivity index (χ0v) is 15.3. The number of aryl methyl sites for hydroxylation is 1. The highest BCUT2D eigenvalue weighted by molar-refractivity contribution is 5.94. The Hall–Kier alpha value is -2.82. The molecule has 2 aromatic rings. The summed E-state index contributed by atoms with van der Waals surface area (Å²) in [6.45, 7) is 6.52. The van der Waals surface area contributed by atoms with Crippen molar-refractivity contribution in [1.82, 2.24) is 4.90 Å². The maximum Gasteiger partial charge on any atom is 0.260 e. The van der Waals surface area contributed by atoms with Crippen molar-refractivity contribution >= 4 is 17.4 Å². The molecule has 0 saturated carbocycles. The molecule has 0 N–H and O–H groups in total. The first kappa shape index (κ1) is 18.0. The van der Waals surface area contributed by atoms with E-state index in [2.05, 4.69) is 4.90 Å². The van der Waals surface area contributed by atoms with Crippen LogP contribution in [0.5, 0.6) is 5.75 Å². The number of amides is 1. The van der Waals surface area contributed by atoms with E-state index in [1.807, 2.05) is 60.4 Å². The number of hydrogen-bond donors (Lipinski definition) is 0. The normalized spacial score (nSPS) is 14.2. The number of ether oxygens (including phenoxy) is 1. The Balaban J connectivity index is 1.49.